The Morgan fingerprint density at radius 3 is 2.21 bits per heavy atom. The van der Waals surface area contributed by atoms with E-state index in [9.17, 15) is 14.7 Å². The molecule has 19 heavy (non-hydrogen) atoms. The number of imide groups is 1. The van der Waals surface area contributed by atoms with Gasteiger partial charge in [-0.05, 0) is 37.5 Å². The summed E-state index contributed by atoms with van der Waals surface area (Å²) in [4.78, 5) is 25.2. The first-order valence-electron chi connectivity index (χ1n) is 7.49. The molecule has 0 aromatic carbocycles. The molecule has 0 aromatic rings. The summed E-state index contributed by atoms with van der Waals surface area (Å²) in [7, 11) is 0. The van der Waals surface area contributed by atoms with E-state index in [0.29, 0.717) is 31.6 Å². The summed E-state index contributed by atoms with van der Waals surface area (Å²) < 4.78 is 0. The lowest BCUT2D eigenvalue weighted by Crippen LogP contribution is -2.52. The number of carbonyl (C=O) groups excluding carboxylic acids is 2. The van der Waals surface area contributed by atoms with Gasteiger partial charge in [-0.1, -0.05) is 20.3 Å². The van der Waals surface area contributed by atoms with Crippen LogP contribution >= 0.6 is 0 Å². The molecule has 108 valence electrons. The van der Waals surface area contributed by atoms with Crippen molar-refractivity contribution < 1.29 is 14.7 Å². The molecule has 2 rings (SSSR count). The van der Waals surface area contributed by atoms with Gasteiger partial charge in [0.15, 0.2) is 0 Å². The Kier molecular flexibility index (Phi) is 4.29. The first-order valence-corrected chi connectivity index (χ1v) is 7.49. The van der Waals surface area contributed by atoms with E-state index in [4.69, 9.17) is 0 Å². The number of carbonyl (C=O) groups is 2. The number of rotatable bonds is 3. The average Bonchev–Trinajstić information content (AvgIpc) is 2.35. The summed E-state index contributed by atoms with van der Waals surface area (Å²) in [5.41, 5.74) is -0.850. The number of hydrogen-bond donors (Lipinski definition) is 1. The predicted octanol–water partition coefficient (Wildman–Crippen LogP) is 2.10. The third-order valence-corrected chi connectivity index (χ3v) is 4.71. The monoisotopic (exact) mass is 267 g/mol. The van der Waals surface area contributed by atoms with Crippen molar-refractivity contribution in [3.8, 4) is 0 Å². The highest BCUT2D eigenvalue weighted by molar-refractivity contribution is 5.97. The number of piperidine rings is 1. The molecule has 2 fully saturated rings. The second kappa shape index (κ2) is 5.61. The van der Waals surface area contributed by atoms with Gasteiger partial charge >= 0.3 is 0 Å². The van der Waals surface area contributed by atoms with Crippen LogP contribution in [0.15, 0.2) is 0 Å². The Balaban J connectivity index is 1.96. The maximum atomic E-state index is 11.9. The summed E-state index contributed by atoms with van der Waals surface area (Å²) in [5, 5.41) is 10.6. The van der Waals surface area contributed by atoms with Crippen LogP contribution in [-0.4, -0.2) is 34.0 Å². The van der Waals surface area contributed by atoms with Crippen LogP contribution in [0.3, 0.4) is 0 Å². The maximum Gasteiger partial charge on any atom is 0.229 e. The van der Waals surface area contributed by atoms with E-state index < -0.39 is 5.60 Å². The summed E-state index contributed by atoms with van der Waals surface area (Å²) in [5.74, 6) is 0.597. The molecule has 2 aliphatic rings. The maximum absolute atomic E-state index is 11.9. The minimum Gasteiger partial charge on any atom is -0.388 e. The summed E-state index contributed by atoms with van der Waals surface area (Å²) in [6.45, 7) is 4.30. The molecule has 0 radical (unpaired) electrons. The van der Waals surface area contributed by atoms with Crippen LogP contribution in [0.4, 0.5) is 0 Å². The third kappa shape index (κ3) is 3.35. The molecule has 0 bridgehead atoms. The molecule has 0 aromatic heterocycles. The van der Waals surface area contributed by atoms with Gasteiger partial charge in [0.1, 0.15) is 0 Å². The Hall–Kier alpha value is -0.900. The first-order chi connectivity index (χ1) is 8.93. The van der Waals surface area contributed by atoms with Gasteiger partial charge in [-0.25, -0.2) is 0 Å². The van der Waals surface area contributed by atoms with E-state index in [2.05, 4.69) is 6.92 Å². The second-order valence-corrected chi connectivity index (χ2v) is 6.46. The van der Waals surface area contributed by atoms with Crippen LogP contribution in [0.5, 0.6) is 0 Å². The van der Waals surface area contributed by atoms with E-state index in [1.807, 2.05) is 6.92 Å². The minimum absolute atomic E-state index is 0.116. The Morgan fingerprint density at radius 1 is 1.21 bits per heavy atom. The van der Waals surface area contributed by atoms with E-state index in [-0.39, 0.29) is 24.3 Å². The Morgan fingerprint density at radius 2 is 1.74 bits per heavy atom. The van der Waals surface area contributed by atoms with Gasteiger partial charge in [-0.2, -0.15) is 0 Å². The fourth-order valence-electron chi connectivity index (χ4n) is 3.28. The van der Waals surface area contributed by atoms with Crippen LogP contribution in [0.25, 0.3) is 0 Å². The molecule has 4 nitrogen and oxygen atoms in total. The van der Waals surface area contributed by atoms with Gasteiger partial charge in [-0.15, -0.1) is 0 Å². The molecule has 1 saturated carbocycles. The van der Waals surface area contributed by atoms with E-state index >= 15 is 0 Å². The lowest BCUT2D eigenvalue weighted by molar-refractivity contribution is -0.155. The molecular weight excluding hydrogens is 242 g/mol. The van der Waals surface area contributed by atoms with Gasteiger partial charge in [0, 0.05) is 12.8 Å². The van der Waals surface area contributed by atoms with Crippen molar-refractivity contribution in [2.45, 2.75) is 64.4 Å². The Bertz CT molecular complexity index is 340. The number of hydrogen-bond acceptors (Lipinski definition) is 3. The quantitative estimate of drug-likeness (QED) is 0.797. The van der Waals surface area contributed by atoms with Crippen LogP contribution in [-0.2, 0) is 9.59 Å². The molecule has 0 spiro atoms. The summed E-state index contributed by atoms with van der Waals surface area (Å²) >= 11 is 0. The molecule has 1 aliphatic carbocycles. The third-order valence-electron chi connectivity index (χ3n) is 4.71. The van der Waals surface area contributed by atoms with Crippen LogP contribution in [0.1, 0.15) is 58.8 Å². The fraction of sp³-hybridized carbons (Fsp3) is 0.867. The van der Waals surface area contributed by atoms with Crippen molar-refractivity contribution >= 4 is 11.8 Å². The number of aliphatic hydroxyl groups is 1. The number of amides is 2. The van der Waals surface area contributed by atoms with Crippen molar-refractivity contribution in [2.24, 2.45) is 11.8 Å². The van der Waals surface area contributed by atoms with Gasteiger partial charge in [0.2, 0.25) is 11.8 Å². The highest BCUT2D eigenvalue weighted by Crippen LogP contribution is 2.35. The Labute approximate surface area is 115 Å². The second-order valence-electron chi connectivity index (χ2n) is 6.46. The largest absolute Gasteiger partial charge is 0.388 e. The number of likely N-dealkylation sites (tertiary alicyclic amines) is 1. The van der Waals surface area contributed by atoms with Gasteiger partial charge in [0.05, 0.1) is 12.1 Å². The first kappa shape index (κ1) is 14.5. The van der Waals surface area contributed by atoms with Crippen LogP contribution in [0, 0.1) is 11.8 Å². The van der Waals surface area contributed by atoms with E-state index in [1.54, 1.807) is 0 Å². The summed E-state index contributed by atoms with van der Waals surface area (Å²) in [6, 6.07) is 0. The summed E-state index contributed by atoms with van der Waals surface area (Å²) in [6.07, 6.45) is 5.42. The highest BCUT2D eigenvalue weighted by Gasteiger charge is 2.39. The number of nitrogens with zero attached hydrogens (tertiary/aromatic N) is 1. The molecule has 1 aliphatic heterocycles. The fourth-order valence-corrected chi connectivity index (χ4v) is 3.28. The molecule has 4 heteroatoms. The molecular formula is C15H25NO3. The molecule has 0 atom stereocenters. The van der Waals surface area contributed by atoms with Gasteiger partial charge < -0.3 is 5.11 Å². The molecule has 1 saturated heterocycles. The van der Waals surface area contributed by atoms with Crippen molar-refractivity contribution in [3.05, 3.63) is 0 Å². The molecule has 1 N–H and O–H groups in total. The van der Waals surface area contributed by atoms with E-state index in [1.165, 1.54) is 4.90 Å². The average molecular weight is 267 g/mol. The zero-order chi connectivity index (χ0) is 14.0. The highest BCUT2D eigenvalue weighted by atomic mass is 16.3. The van der Waals surface area contributed by atoms with Crippen molar-refractivity contribution in [3.63, 3.8) is 0 Å². The predicted molar refractivity (Wildman–Crippen MR) is 72.3 cm³/mol. The van der Waals surface area contributed by atoms with Crippen molar-refractivity contribution in [1.82, 2.24) is 4.90 Å². The topological polar surface area (TPSA) is 57.6 Å². The SMILES string of the molecule is CCC1CCC(O)(CN2C(=O)CC(C)CC2=O)CC1. The molecule has 1 heterocycles. The van der Waals surface area contributed by atoms with Gasteiger partial charge in [-0.3, -0.25) is 14.5 Å². The smallest absolute Gasteiger partial charge is 0.229 e. The normalized spacial score (nSPS) is 33.8. The lowest BCUT2D eigenvalue weighted by atomic mass is 9.77. The van der Waals surface area contributed by atoms with Crippen LogP contribution in [0.2, 0.25) is 0 Å². The zero-order valence-electron chi connectivity index (χ0n) is 12.0. The number of β-amino-alcohol motifs (C(OH)–C–C–N with tert-alkyl or cyclic N) is 1. The standard InChI is InChI=1S/C15H25NO3/c1-3-12-4-6-15(19,7-5-12)10-16-13(17)8-11(2)9-14(16)18/h11-12,19H,3-10H2,1-2H3. The molecule has 0 unspecified atom stereocenters. The van der Waals surface area contributed by atoms with Crippen LogP contribution < -0.4 is 0 Å². The van der Waals surface area contributed by atoms with Crippen molar-refractivity contribution in [2.75, 3.05) is 6.54 Å². The molecule has 2 amide bonds. The van der Waals surface area contributed by atoms with Crippen molar-refractivity contribution in [1.29, 1.82) is 0 Å². The lowest BCUT2D eigenvalue weighted by Gasteiger charge is -2.40. The van der Waals surface area contributed by atoms with E-state index in [0.717, 1.165) is 19.3 Å². The minimum atomic E-state index is -0.850. The zero-order valence-corrected chi connectivity index (χ0v) is 12.0. The van der Waals surface area contributed by atoms with Gasteiger partial charge in [0.25, 0.3) is 0 Å².